The molecular weight excluding hydrogens is 454 g/mol. The lowest BCUT2D eigenvalue weighted by Gasteiger charge is -2.41. The number of hydrogen-bond acceptors (Lipinski definition) is 4. The van der Waals surface area contributed by atoms with Crippen molar-refractivity contribution < 1.29 is 19.1 Å². The number of aliphatic hydroxyl groups excluding tert-OH is 1. The number of nitrogens with zero attached hydrogens (tertiary/aromatic N) is 1. The lowest BCUT2D eigenvalue weighted by Crippen LogP contribution is -2.51. The molecular formula is C24H17Cl2FN2O3. The molecule has 3 aromatic carbocycles. The van der Waals surface area contributed by atoms with Crippen LogP contribution in [-0.2, 0) is 15.1 Å². The monoisotopic (exact) mass is 470 g/mol. The Morgan fingerprint density at radius 2 is 1.72 bits per heavy atom. The normalized spacial score (nSPS) is 17.9. The van der Waals surface area contributed by atoms with E-state index in [4.69, 9.17) is 23.2 Å². The average Bonchev–Trinajstić information content (AvgIpc) is 3.07. The highest BCUT2D eigenvalue weighted by Gasteiger charge is 2.55. The zero-order chi connectivity index (χ0) is 23.0. The number of likely N-dealkylation sites (N-methyl/N-ethyl adjacent to an activating group) is 1. The Kier molecular flexibility index (Phi) is 5.67. The Morgan fingerprint density at radius 1 is 1.06 bits per heavy atom. The van der Waals surface area contributed by atoms with Crippen LogP contribution in [0.15, 0.2) is 72.5 Å². The topological polar surface area (TPSA) is 69.6 Å². The van der Waals surface area contributed by atoms with Gasteiger partial charge in [0.25, 0.3) is 5.91 Å². The molecule has 1 atom stereocenters. The van der Waals surface area contributed by atoms with Gasteiger partial charge in [-0.15, -0.1) is 0 Å². The maximum atomic E-state index is 15.0. The van der Waals surface area contributed by atoms with E-state index in [9.17, 15) is 19.1 Å². The van der Waals surface area contributed by atoms with Gasteiger partial charge in [-0.05, 0) is 35.9 Å². The minimum Gasteiger partial charge on any atom is -0.504 e. The highest BCUT2D eigenvalue weighted by Crippen LogP contribution is 2.51. The second-order valence-electron chi connectivity index (χ2n) is 7.25. The highest BCUT2D eigenvalue weighted by atomic mass is 35.5. The molecule has 0 saturated heterocycles. The summed E-state index contributed by atoms with van der Waals surface area (Å²) >= 11 is 12.3. The Bertz CT molecular complexity index is 1260. The van der Waals surface area contributed by atoms with Crippen molar-refractivity contribution in [3.05, 3.63) is 99.5 Å². The van der Waals surface area contributed by atoms with Crippen molar-refractivity contribution in [1.29, 1.82) is 0 Å². The lowest BCUT2D eigenvalue weighted by atomic mass is 9.77. The first-order valence-electron chi connectivity index (χ1n) is 9.55. The third-order valence-corrected chi connectivity index (χ3v) is 5.98. The molecule has 0 aliphatic carbocycles. The fourth-order valence-electron chi connectivity index (χ4n) is 4.15. The smallest absolute Gasteiger partial charge is 0.259 e. The fourth-order valence-corrected chi connectivity index (χ4v) is 4.49. The molecule has 5 nitrogen and oxygen atoms in total. The number of carbonyl (C=O) groups excluding carboxylic acids is 2. The average molecular weight is 471 g/mol. The summed E-state index contributed by atoms with van der Waals surface area (Å²) in [5.41, 5.74) is -0.636. The minimum atomic E-state index is -1.81. The number of carbonyl (C=O) groups is 2. The second kappa shape index (κ2) is 8.30. The predicted molar refractivity (Wildman–Crippen MR) is 124 cm³/mol. The van der Waals surface area contributed by atoms with Gasteiger partial charge in [-0.2, -0.15) is 0 Å². The number of anilines is 2. The number of allylic oxidation sites excluding steroid dienone is 1. The molecule has 4 rings (SSSR count). The van der Waals surface area contributed by atoms with Gasteiger partial charge in [0.05, 0.1) is 5.69 Å². The number of aldehydes is 1. The van der Waals surface area contributed by atoms with Crippen LogP contribution >= 0.6 is 23.2 Å². The highest BCUT2D eigenvalue weighted by molar-refractivity contribution is 6.31. The third-order valence-electron chi connectivity index (χ3n) is 5.51. The first kappa shape index (κ1) is 21.9. The molecule has 32 heavy (non-hydrogen) atoms. The van der Waals surface area contributed by atoms with Crippen LogP contribution in [0, 0.1) is 5.82 Å². The number of fused-ring (bicyclic) bond motifs is 1. The first-order chi connectivity index (χ1) is 15.3. The molecule has 0 aromatic heterocycles. The number of aliphatic hydroxyl groups is 1. The molecule has 1 amide bonds. The molecule has 3 aromatic rings. The molecule has 8 heteroatoms. The van der Waals surface area contributed by atoms with Crippen molar-refractivity contribution in [2.75, 3.05) is 17.3 Å². The van der Waals surface area contributed by atoms with Gasteiger partial charge in [0, 0.05) is 33.9 Å². The van der Waals surface area contributed by atoms with Gasteiger partial charge in [-0.25, -0.2) is 4.39 Å². The van der Waals surface area contributed by atoms with Crippen LogP contribution in [0.4, 0.5) is 15.8 Å². The van der Waals surface area contributed by atoms with E-state index in [0.29, 0.717) is 21.8 Å². The van der Waals surface area contributed by atoms with E-state index < -0.39 is 23.0 Å². The van der Waals surface area contributed by atoms with E-state index in [1.165, 1.54) is 30.1 Å². The maximum Gasteiger partial charge on any atom is 0.259 e. The Morgan fingerprint density at radius 3 is 2.41 bits per heavy atom. The number of halogens is 3. The number of amides is 1. The van der Waals surface area contributed by atoms with Gasteiger partial charge in [0.1, 0.15) is 5.82 Å². The molecule has 2 N–H and O–H groups in total. The molecule has 162 valence electrons. The standard InChI is InChI=1S/C24H17Cl2FN2O3/c1-29(20-12-16(26)8-10-18(20)27)24(17-9-7-15(25)11-19(17)28-23(24)32)22(21(31)13-30)14-5-3-2-4-6-14/h2-13,31H,1H3,(H,28,32)/b22-21+. The molecule has 1 aliphatic heterocycles. The zero-order valence-electron chi connectivity index (χ0n) is 16.8. The molecule has 0 spiro atoms. The fraction of sp³-hybridized carbons (Fsp3) is 0.0833. The molecule has 0 fully saturated rings. The lowest BCUT2D eigenvalue weighted by molar-refractivity contribution is -0.119. The summed E-state index contributed by atoms with van der Waals surface area (Å²) < 4.78 is 15.0. The Balaban J connectivity index is 2.13. The second-order valence-corrected chi connectivity index (χ2v) is 8.13. The van der Waals surface area contributed by atoms with E-state index >= 15 is 0 Å². The van der Waals surface area contributed by atoms with E-state index in [-0.39, 0.29) is 22.6 Å². The van der Waals surface area contributed by atoms with Crippen molar-refractivity contribution in [2.24, 2.45) is 0 Å². The Hall–Kier alpha value is -3.35. The van der Waals surface area contributed by atoms with Crippen LogP contribution in [0.2, 0.25) is 10.0 Å². The van der Waals surface area contributed by atoms with Crippen LogP contribution in [0.25, 0.3) is 5.57 Å². The van der Waals surface area contributed by atoms with Gasteiger partial charge in [-0.3, -0.25) is 9.59 Å². The number of benzene rings is 3. The van der Waals surface area contributed by atoms with Gasteiger partial charge in [0.15, 0.2) is 17.6 Å². The van der Waals surface area contributed by atoms with E-state index in [2.05, 4.69) is 5.32 Å². The summed E-state index contributed by atoms with van der Waals surface area (Å²) in [6, 6.07) is 17.2. The van der Waals surface area contributed by atoms with Crippen molar-refractivity contribution in [3.63, 3.8) is 0 Å². The third kappa shape index (κ3) is 3.32. The summed E-state index contributed by atoms with van der Waals surface area (Å²) in [6.45, 7) is 0. The summed E-state index contributed by atoms with van der Waals surface area (Å²) in [7, 11) is 1.50. The van der Waals surface area contributed by atoms with E-state index in [1.54, 1.807) is 48.5 Å². The molecule has 1 unspecified atom stereocenters. The summed E-state index contributed by atoms with van der Waals surface area (Å²) in [5.74, 6) is -1.89. The number of nitrogens with one attached hydrogen (secondary N) is 1. The number of rotatable bonds is 5. The maximum absolute atomic E-state index is 15.0. The molecule has 1 aliphatic rings. The van der Waals surface area contributed by atoms with Crippen LogP contribution in [0.5, 0.6) is 0 Å². The molecule has 0 radical (unpaired) electrons. The largest absolute Gasteiger partial charge is 0.504 e. The molecule has 0 saturated carbocycles. The van der Waals surface area contributed by atoms with Crippen LogP contribution in [-0.4, -0.2) is 24.3 Å². The zero-order valence-corrected chi connectivity index (χ0v) is 18.3. The van der Waals surface area contributed by atoms with Crippen LogP contribution in [0.3, 0.4) is 0 Å². The van der Waals surface area contributed by atoms with Crippen molar-refractivity contribution in [3.8, 4) is 0 Å². The quantitative estimate of drug-likeness (QED) is 0.290. The van der Waals surface area contributed by atoms with Crippen molar-refractivity contribution >= 4 is 52.3 Å². The number of hydrogen-bond donors (Lipinski definition) is 2. The SMILES string of the molecule is CN(c1cc(Cl)ccc1F)C1(/C(=C(/O)C=O)c2ccccc2)C(=O)Nc2cc(Cl)ccc21. The van der Waals surface area contributed by atoms with E-state index in [0.717, 1.165) is 0 Å². The molecule has 1 heterocycles. The van der Waals surface area contributed by atoms with Gasteiger partial charge in [0.2, 0.25) is 0 Å². The summed E-state index contributed by atoms with van der Waals surface area (Å²) in [4.78, 5) is 26.9. The first-order valence-corrected chi connectivity index (χ1v) is 10.3. The van der Waals surface area contributed by atoms with Crippen LogP contribution in [0.1, 0.15) is 11.1 Å². The Labute approximate surface area is 193 Å². The van der Waals surface area contributed by atoms with Gasteiger partial charge >= 0.3 is 0 Å². The van der Waals surface area contributed by atoms with Crippen molar-refractivity contribution in [2.45, 2.75) is 5.54 Å². The van der Waals surface area contributed by atoms with Crippen molar-refractivity contribution in [1.82, 2.24) is 0 Å². The van der Waals surface area contributed by atoms with Crippen LogP contribution < -0.4 is 10.2 Å². The summed E-state index contributed by atoms with van der Waals surface area (Å²) in [5, 5.41) is 14.2. The van der Waals surface area contributed by atoms with Gasteiger partial charge < -0.3 is 15.3 Å². The molecule has 0 bridgehead atoms. The minimum absolute atomic E-state index is 0.00239. The van der Waals surface area contributed by atoms with Gasteiger partial charge in [-0.1, -0.05) is 59.6 Å². The predicted octanol–water partition coefficient (Wildman–Crippen LogP) is 5.58. The van der Waals surface area contributed by atoms with E-state index in [1.807, 2.05) is 0 Å². The summed E-state index contributed by atoms with van der Waals surface area (Å²) in [6.07, 6.45) is 0.257.